The summed E-state index contributed by atoms with van der Waals surface area (Å²) in [6.07, 6.45) is 0. The largest absolute Gasteiger partial charge is 0.486 e. The van der Waals surface area contributed by atoms with Gasteiger partial charge in [0.15, 0.2) is 17.3 Å². The number of nitrogens with zero attached hydrogens (tertiary/aromatic N) is 2. The van der Waals surface area contributed by atoms with Gasteiger partial charge >= 0.3 is 5.97 Å². The summed E-state index contributed by atoms with van der Waals surface area (Å²) in [7, 11) is 0. The van der Waals surface area contributed by atoms with Crippen LogP contribution in [0.15, 0.2) is 50.3 Å². The number of esters is 1. The molecule has 1 aliphatic heterocycles. The smallest absolute Gasteiger partial charge is 0.339 e. The number of carbonyl (C=O) groups excluding carboxylic acids is 1. The average molecular weight is 477 g/mol. The maximum Gasteiger partial charge on any atom is 0.339 e. The molecule has 1 aliphatic rings. The quantitative estimate of drug-likeness (QED) is 0.378. The van der Waals surface area contributed by atoms with E-state index in [4.69, 9.17) is 18.7 Å². The number of hydrogen-bond acceptors (Lipinski definition) is 8. The van der Waals surface area contributed by atoms with Gasteiger partial charge in [-0.2, -0.15) is 4.98 Å². The van der Waals surface area contributed by atoms with Crippen molar-refractivity contribution in [2.45, 2.75) is 24.2 Å². The minimum atomic E-state index is -0.406. The van der Waals surface area contributed by atoms with Gasteiger partial charge in [-0.25, -0.2) is 4.79 Å². The van der Waals surface area contributed by atoms with E-state index in [2.05, 4.69) is 26.1 Å². The van der Waals surface area contributed by atoms with Crippen molar-refractivity contribution in [1.29, 1.82) is 0 Å². The molecule has 0 saturated heterocycles. The van der Waals surface area contributed by atoms with E-state index in [0.29, 0.717) is 47.7 Å². The van der Waals surface area contributed by atoms with Crippen LogP contribution in [-0.4, -0.2) is 29.3 Å². The van der Waals surface area contributed by atoms with Gasteiger partial charge in [-0.15, -0.1) is 11.8 Å². The van der Waals surface area contributed by atoms with E-state index in [1.807, 2.05) is 24.3 Å². The van der Waals surface area contributed by atoms with Gasteiger partial charge in [0.2, 0.25) is 5.89 Å². The van der Waals surface area contributed by atoms with Gasteiger partial charge < -0.3 is 18.7 Å². The Morgan fingerprint density at radius 1 is 1.21 bits per heavy atom. The third-order valence-corrected chi connectivity index (χ3v) is 5.89. The van der Waals surface area contributed by atoms with Gasteiger partial charge in [0.25, 0.3) is 0 Å². The van der Waals surface area contributed by atoms with E-state index >= 15 is 0 Å². The Morgan fingerprint density at radius 3 is 2.72 bits per heavy atom. The third kappa shape index (κ3) is 4.73. The molecule has 0 aliphatic carbocycles. The topological polar surface area (TPSA) is 83.7 Å². The highest BCUT2D eigenvalue weighted by Gasteiger charge is 2.18. The normalized spacial score (nSPS) is 12.6. The number of ether oxygens (including phenoxy) is 3. The van der Waals surface area contributed by atoms with Crippen LogP contribution < -0.4 is 9.47 Å². The van der Waals surface area contributed by atoms with E-state index in [1.165, 1.54) is 11.8 Å². The lowest BCUT2D eigenvalue weighted by Crippen LogP contribution is -2.16. The first-order valence-electron chi connectivity index (χ1n) is 8.86. The molecule has 1 aromatic heterocycles. The highest BCUT2D eigenvalue weighted by atomic mass is 79.9. The summed E-state index contributed by atoms with van der Waals surface area (Å²) in [5.74, 6) is 2.48. The standard InChI is InChI=1S/C20H17BrN2O5S/c1-12-22-19(28-23-12)11-29-18-5-3-2-4-14(18)20(24)27-10-13-8-16-17(9-15(13)21)26-7-6-25-16/h2-5,8-9H,6-7,10-11H2,1H3. The molecule has 0 amide bonds. The molecular formula is C20H17BrN2O5S. The van der Waals surface area contributed by atoms with Crippen molar-refractivity contribution in [1.82, 2.24) is 10.1 Å². The number of hydrogen-bond donors (Lipinski definition) is 0. The summed E-state index contributed by atoms with van der Waals surface area (Å²) >= 11 is 4.94. The third-order valence-electron chi connectivity index (χ3n) is 4.10. The van der Waals surface area contributed by atoms with Crippen LogP contribution in [0.1, 0.15) is 27.6 Å². The minimum absolute atomic E-state index is 0.109. The van der Waals surface area contributed by atoms with Crippen LogP contribution in [0.5, 0.6) is 11.5 Å². The SMILES string of the molecule is Cc1noc(CSc2ccccc2C(=O)OCc2cc3c(cc2Br)OCCO3)n1. The number of halogens is 1. The van der Waals surface area contributed by atoms with Crippen LogP contribution in [0, 0.1) is 6.92 Å². The summed E-state index contributed by atoms with van der Waals surface area (Å²) in [5, 5.41) is 3.77. The van der Waals surface area contributed by atoms with Gasteiger partial charge in [0, 0.05) is 14.9 Å². The molecule has 2 heterocycles. The molecule has 0 radical (unpaired) electrons. The number of carbonyl (C=O) groups is 1. The maximum atomic E-state index is 12.7. The zero-order valence-electron chi connectivity index (χ0n) is 15.5. The highest BCUT2D eigenvalue weighted by molar-refractivity contribution is 9.10. The predicted molar refractivity (Wildman–Crippen MR) is 109 cm³/mol. The van der Waals surface area contributed by atoms with Crippen LogP contribution in [0.25, 0.3) is 0 Å². The van der Waals surface area contributed by atoms with Gasteiger partial charge in [0.05, 0.1) is 11.3 Å². The van der Waals surface area contributed by atoms with Crippen molar-refractivity contribution in [2.24, 2.45) is 0 Å². The molecule has 29 heavy (non-hydrogen) atoms. The van der Waals surface area contributed by atoms with Gasteiger partial charge in [-0.05, 0) is 31.2 Å². The Labute approximate surface area is 179 Å². The Bertz CT molecular complexity index is 1040. The number of benzene rings is 2. The number of thioether (sulfide) groups is 1. The monoisotopic (exact) mass is 476 g/mol. The maximum absolute atomic E-state index is 12.7. The zero-order chi connectivity index (χ0) is 20.2. The fourth-order valence-electron chi connectivity index (χ4n) is 2.74. The molecule has 0 N–H and O–H groups in total. The average Bonchev–Trinajstić information content (AvgIpc) is 3.16. The molecule has 0 saturated carbocycles. The predicted octanol–water partition coefficient (Wildman–Crippen LogP) is 4.56. The molecule has 0 atom stereocenters. The van der Waals surface area contributed by atoms with E-state index < -0.39 is 5.97 Å². The first-order valence-corrected chi connectivity index (χ1v) is 10.6. The highest BCUT2D eigenvalue weighted by Crippen LogP contribution is 2.36. The zero-order valence-corrected chi connectivity index (χ0v) is 17.9. The summed E-state index contributed by atoms with van der Waals surface area (Å²) in [6, 6.07) is 10.9. The Morgan fingerprint density at radius 2 is 1.97 bits per heavy atom. The van der Waals surface area contributed by atoms with Crippen LogP contribution in [0.2, 0.25) is 0 Å². The van der Waals surface area contributed by atoms with Crippen LogP contribution >= 0.6 is 27.7 Å². The van der Waals surface area contributed by atoms with Crippen molar-refractivity contribution >= 4 is 33.7 Å². The molecular weight excluding hydrogens is 460 g/mol. The second-order valence-corrected chi connectivity index (χ2v) is 8.06. The summed E-state index contributed by atoms with van der Waals surface area (Å²) in [5.41, 5.74) is 1.29. The van der Waals surface area contributed by atoms with Gasteiger partial charge in [-0.1, -0.05) is 33.2 Å². The fourth-order valence-corrected chi connectivity index (χ4v) is 4.05. The van der Waals surface area contributed by atoms with Gasteiger partial charge in [-0.3, -0.25) is 0 Å². The number of fused-ring (bicyclic) bond motifs is 1. The van der Waals surface area contributed by atoms with Crippen molar-refractivity contribution in [3.05, 3.63) is 63.7 Å². The second kappa shape index (κ2) is 8.87. The Balaban J connectivity index is 1.44. The van der Waals surface area contributed by atoms with E-state index in [-0.39, 0.29) is 6.61 Å². The van der Waals surface area contributed by atoms with E-state index in [1.54, 1.807) is 19.1 Å². The summed E-state index contributed by atoms with van der Waals surface area (Å²) in [4.78, 5) is 17.7. The van der Waals surface area contributed by atoms with Crippen molar-refractivity contribution in [2.75, 3.05) is 13.2 Å². The molecule has 0 unspecified atom stereocenters. The van der Waals surface area contributed by atoms with E-state index in [9.17, 15) is 4.79 Å². The first-order chi connectivity index (χ1) is 14.1. The lowest BCUT2D eigenvalue weighted by atomic mass is 10.2. The molecule has 150 valence electrons. The number of rotatable bonds is 6. The minimum Gasteiger partial charge on any atom is -0.486 e. The Kier molecular flexibility index (Phi) is 6.05. The van der Waals surface area contributed by atoms with Crippen LogP contribution in [0.4, 0.5) is 0 Å². The molecule has 0 bridgehead atoms. The fraction of sp³-hybridized carbons (Fsp3) is 0.250. The van der Waals surface area contributed by atoms with Gasteiger partial charge in [0.1, 0.15) is 19.8 Å². The second-order valence-electron chi connectivity index (χ2n) is 6.18. The molecule has 0 fully saturated rings. The molecule has 2 aromatic carbocycles. The molecule has 9 heteroatoms. The van der Waals surface area contributed by atoms with Crippen molar-refractivity contribution in [3.63, 3.8) is 0 Å². The van der Waals surface area contributed by atoms with Crippen LogP contribution in [0.3, 0.4) is 0 Å². The Hall–Kier alpha value is -2.52. The lowest BCUT2D eigenvalue weighted by Gasteiger charge is -2.20. The lowest BCUT2D eigenvalue weighted by molar-refractivity contribution is 0.0467. The molecule has 3 aromatic rings. The van der Waals surface area contributed by atoms with E-state index in [0.717, 1.165) is 14.9 Å². The first kappa shape index (κ1) is 19.8. The molecule has 7 nitrogen and oxygen atoms in total. The molecule has 0 spiro atoms. The van der Waals surface area contributed by atoms with Crippen molar-refractivity contribution < 1.29 is 23.5 Å². The summed E-state index contributed by atoms with van der Waals surface area (Å²) < 4.78 is 22.6. The van der Waals surface area contributed by atoms with Crippen molar-refractivity contribution in [3.8, 4) is 11.5 Å². The summed E-state index contributed by atoms with van der Waals surface area (Å²) in [6.45, 7) is 2.89. The van der Waals surface area contributed by atoms with Crippen LogP contribution in [-0.2, 0) is 17.1 Å². The molecule has 4 rings (SSSR count). The number of aromatic nitrogens is 2. The number of aryl methyl sites for hydroxylation is 1.